The Labute approximate surface area is 194 Å². The molecule has 6 heteroatoms. The number of aryl methyl sites for hydroxylation is 2. The third kappa shape index (κ3) is 4.40. The Morgan fingerprint density at radius 3 is 2.58 bits per heavy atom. The molecule has 0 N–H and O–H groups in total. The lowest BCUT2D eigenvalue weighted by atomic mass is 9.97. The average Bonchev–Trinajstić information content (AvgIpc) is 3.09. The van der Waals surface area contributed by atoms with Gasteiger partial charge in [0, 0.05) is 13.7 Å². The molecular formula is C27H31NO5. The first-order chi connectivity index (χ1) is 16.0. The van der Waals surface area contributed by atoms with Crippen molar-refractivity contribution in [3.8, 4) is 5.75 Å². The van der Waals surface area contributed by atoms with Crippen LogP contribution < -0.4 is 10.2 Å². The lowest BCUT2D eigenvalue weighted by Gasteiger charge is -2.25. The maximum absolute atomic E-state index is 13.7. The van der Waals surface area contributed by atoms with Gasteiger partial charge in [-0.15, -0.1) is 0 Å². The van der Waals surface area contributed by atoms with Gasteiger partial charge in [-0.3, -0.25) is 9.59 Å². The van der Waals surface area contributed by atoms with Gasteiger partial charge in [0.15, 0.2) is 5.43 Å². The number of hydrogen-bond acceptors (Lipinski definition) is 5. The first-order valence-corrected chi connectivity index (χ1v) is 11.6. The quantitative estimate of drug-likeness (QED) is 0.422. The molecule has 0 spiro atoms. The van der Waals surface area contributed by atoms with Gasteiger partial charge in [0.1, 0.15) is 11.3 Å². The van der Waals surface area contributed by atoms with E-state index in [1.807, 2.05) is 50.2 Å². The van der Waals surface area contributed by atoms with Crippen LogP contribution in [0.1, 0.15) is 65.0 Å². The number of carbonyl (C=O) groups is 1. The number of fused-ring (bicyclic) bond motifs is 2. The number of nitrogens with zero attached hydrogens (tertiary/aromatic N) is 1. The van der Waals surface area contributed by atoms with Gasteiger partial charge in [0.2, 0.25) is 5.76 Å². The molecule has 0 bridgehead atoms. The SMILES string of the molecule is CCCCCOc1cccc(C2c3c(oc4cc(C)c(C)cc4c3=O)C(=O)N2CCOC)c1. The van der Waals surface area contributed by atoms with Crippen molar-refractivity contribution in [2.75, 3.05) is 26.9 Å². The first kappa shape index (κ1) is 23.1. The van der Waals surface area contributed by atoms with Crippen LogP contribution in [0.4, 0.5) is 0 Å². The van der Waals surface area contributed by atoms with E-state index in [1.165, 1.54) is 0 Å². The molecule has 0 fully saturated rings. The largest absolute Gasteiger partial charge is 0.494 e. The smallest absolute Gasteiger partial charge is 0.290 e. The summed E-state index contributed by atoms with van der Waals surface area (Å²) in [5, 5.41) is 0.496. The van der Waals surface area contributed by atoms with Crippen molar-refractivity contribution in [1.29, 1.82) is 0 Å². The first-order valence-electron chi connectivity index (χ1n) is 11.6. The van der Waals surface area contributed by atoms with Crippen LogP contribution in [-0.2, 0) is 4.74 Å². The van der Waals surface area contributed by atoms with Crippen molar-refractivity contribution in [1.82, 2.24) is 4.90 Å². The molecule has 3 aromatic rings. The fourth-order valence-electron chi connectivity index (χ4n) is 4.36. The second-order valence-corrected chi connectivity index (χ2v) is 8.63. The third-order valence-corrected chi connectivity index (χ3v) is 6.31. The summed E-state index contributed by atoms with van der Waals surface area (Å²) in [5.74, 6) is 0.553. The molecule has 4 rings (SSSR count). The minimum atomic E-state index is -0.552. The summed E-state index contributed by atoms with van der Waals surface area (Å²) in [4.78, 5) is 28.7. The van der Waals surface area contributed by atoms with E-state index in [-0.39, 0.29) is 17.1 Å². The number of carbonyl (C=O) groups excluding carboxylic acids is 1. The third-order valence-electron chi connectivity index (χ3n) is 6.31. The lowest BCUT2D eigenvalue weighted by molar-refractivity contribution is 0.0663. The Kier molecular flexibility index (Phi) is 6.84. The summed E-state index contributed by atoms with van der Waals surface area (Å²) in [7, 11) is 1.59. The molecule has 174 valence electrons. The summed E-state index contributed by atoms with van der Waals surface area (Å²) in [6.45, 7) is 7.42. The zero-order valence-corrected chi connectivity index (χ0v) is 19.8. The van der Waals surface area contributed by atoms with E-state index in [1.54, 1.807) is 12.0 Å². The molecule has 0 aliphatic carbocycles. The van der Waals surface area contributed by atoms with Crippen molar-refractivity contribution in [3.63, 3.8) is 0 Å². The fraction of sp³-hybridized carbons (Fsp3) is 0.407. The summed E-state index contributed by atoms with van der Waals surface area (Å²) < 4.78 is 17.2. The zero-order chi connectivity index (χ0) is 23.5. The second-order valence-electron chi connectivity index (χ2n) is 8.63. The van der Waals surface area contributed by atoms with Crippen molar-refractivity contribution in [2.45, 2.75) is 46.1 Å². The molecule has 1 aromatic heterocycles. The maximum Gasteiger partial charge on any atom is 0.290 e. The fourth-order valence-corrected chi connectivity index (χ4v) is 4.36. The molecule has 33 heavy (non-hydrogen) atoms. The predicted octanol–water partition coefficient (Wildman–Crippen LogP) is 5.17. The van der Waals surface area contributed by atoms with Crippen molar-refractivity contribution in [3.05, 3.63) is 74.6 Å². The van der Waals surface area contributed by atoms with Gasteiger partial charge in [-0.25, -0.2) is 0 Å². The highest BCUT2D eigenvalue weighted by atomic mass is 16.5. The van der Waals surface area contributed by atoms with Crippen LogP contribution >= 0.6 is 0 Å². The van der Waals surface area contributed by atoms with Crippen molar-refractivity contribution in [2.24, 2.45) is 0 Å². The Morgan fingerprint density at radius 1 is 1.03 bits per heavy atom. The van der Waals surface area contributed by atoms with E-state index in [0.29, 0.717) is 36.3 Å². The number of unbranched alkanes of at least 4 members (excludes halogenated alkanes) is 2. The monoisotopic (exact) mass is 449 g/mol. The topological polar surface area (TPSA) is 69.0 Å². The van der Waals surface area contributed by atoms with Gasteiger partial charge < -0.3 is 18.8 Å². The van der Waals surface area contributed by atoms with E-state index >= 15 is 0 Å². The second kappa shape index (κ2) is 9.79. The van der Waals surface area contributed by atoms with Gasteiger partial charge in [-0.1, -0.05) is 31.9 Å². The molecule has 6 nitrogen and oxygen atoms in total. The van der Waals surface area contributed by atoms with Crippen LogP contribution in [0.5, 0.6) is 5.75 Å². The Hall–Kier alpha value is -3.12. The van der Waals surface area contributed by atoms with Gasteiger partial charge in [0.25, 0.3) is 5.91 Å². The molecule has 0 saturated carbocycles. The van der Waals surface area contributed by atoms with Crippen LogP contribution in [0.3, 0.4) is 0 Å². The standard InChI is InChI=1S/C27H31NO5/c1-5-6-7-12-32-20-10-8-9-19(16-20)24-23-25(29)21-14-17(2)18(3)15-22(21)33-26(23)27(30)28(24)11-13-31-4/h8-10,14-16,24H,5-7,11-13H2,1-4H3. The minimum Gasteiger partial charge on any atom is -0.494 e. The summed E-state index contributed by atoms with van der Waals surface area (Å²) >= 11 is 0. The predicted molar refractivity (Wildman–Crippen MR) is 128 cm³/mol. The summed E-state index contributed by atoms with van der Waals surface area (Å²) in [6.07, 6.45) is 3.23. The van der Waals surface area contributed by atoms with E-state index in [2.05, 4.69) is 6.92 Å². The molecule has 1 aliphatic heterocycles. The number of amides is 1. The highest BCUT2D eigenvalue weighted by molar-refractivity contribution is 5.99. The van der Waals surface area contributed by atoms with Crippen LogP contribution in [0.25, 0.3) is 11.0 Å². The molecule has 2 heterocycles. The van der Waals surface area contributed by atoms with E-state index < -0.39 is 6.04 Å². The summed E-state index contributed by atoms with van der Waals surface area (Å²) in [5.41, 5.74) is 3.50. The maximum atomic E-state index is 13.7. The van der Waals surface area contributed by atoms with E-state index in [9.17, 15) is 9.59 Å². The van der Waals surface area contributed by atoms with Crippen LogP contribution in [-0.4, -0.2) is 37.7 Å². The molecule has 1 amide bonds. The lowest BCUT2D eigenvalue weighted by Crippen LogP contribution is -2.32. The zero-order valence-electron chi connectivity index (χ0n) is 19.8. The normalized spacial score (nSPS) is 15.3. The Bertz CT molecular complexity index is 1230. The molecule has 1 unspecified atom stereocenters. The Morgan fingerprint density at radius 2 is 1.82 bits per heavy atom. The van der Waals surface area contributed by atoms with Gasteiger partial charge in [-0.2, -0.15) is 0 Å². The van der Waals surface area contributed by atoms with Gasteiger partial charge in [0.05, 0.1) is 30.2 Å². The van der Waals surface area contributed by atoms with Crippen LogP contribution in [0.2, 0.25) is 0 Å². The van der Waals surface area contributed by atoms with Crippen LogP contribution in [0.15, 0.2) is 45.6 Å². The Balaban J connectivity index is 1.82. The molecule has 0 radical (unpaired) electrons. The van der Waals surface area contributed by atoms with Gasteiger partial charge in [-0.05, 0) is 61.2 Å². The molecule has 1 atom stereocenters. The highest BCUT2D eigenvalue weighted by Crippen LogP contribution is 2.39. The highest BCUT2D eigenvalue weighted by Gasteiger charge is 2.42. The minimum absolute atomic E-state index is 0.117. The summed E-state index contributed by atoms with van der Waals surface area (Å²) in [6, 6.07) is 10.8. The number of rotatable bonds is 9. The number of benzene rings is 2. The van der Waals surface area contributed by atoms with E-state index in [0.717, 1.165) is 41.7 Å². The molecule has 0 saturated heterocycles. The molecule has 1 aliphatic rings. The van der Waals surface area contributed by atoms with Crippen molar-refractivity contribution < 1.29 is 18.7 Å². The number of ether oxygens (including phenoxy) is 2. The molecular weight excluding hydrogens is 418 g/mol. The van der Waals surface area contributed by atoms with Gasteiger partial charge >= 0.3 is 0 Å². The average molecular weight is 450 g/mol. The molecule has 2 aromatic carbocycles. The van der Waals surface area contributed by atoms with E-state index in [4.69, 9.17) is 13.9 Å². The van der Waals surface area contributed by atoms with Crippen molar-refractivity contribution >= 4 is 16.9 Å². The van der Waals surface area contributed by atoms with Crippen LogP contribution in [0, 0.1) is 13.8 Å². The number of methoxy groups -OCH3 is 1. The number of hydrogen-bond donors (Lipinski definition) is 0.